The van der Waals surface area contributed by atoms with Gasteiger partial charge in [0, 0.05) is 30.1 Å². The second kappa shape index (κ2) is 14.7. The molecule has 2 fully saturated rings. The lowest BCUT2D eigenvalue weighted by molar-refractivity contribution is -0.152. The Morgan fingerprint density at radius 3 is 2.26 bits per heavy atom. The number of benzene rings is 2. The maximum absolute atomic E-state index is 13.8. The minimum atomic E-state index is -3.64. The summed E-state index contributed by atoms with van der Waals surface area (Å²) in [6.07, 6.45) is 7.71. The number of sulfonamides is 1. The molecular weight excluding hydrogens is 713 g/mol. The van der Waals surface area contributed by atoms with Crippen molar-refractivity contribution in [2.24, 2.45) is 0 Å². The van der Waals surface area contributed by atoms with Gasteiger partial charge >= 0.3 is 6.16 Å². The molecule has 2 aromatic heterocycles. The molecular formula is C38H50N8O7S. The maximum Gasteiger partial charge on any atom is 0.528 e. The number of carbonyl (C=O) groups excluding carboxylic acids is 2. The second-order valence-corrected chi connectivity index (χ2v) is 17.9. The van der Waals surface area contributed by atoms with Gasteiger partial charge in [0.05, 0.1) is 54.6 Å². The Kier molecular flexibility index (Phi) is 10.5. The van der Waals surface area contributed by atoms with Crippen molar-refractivity contribution >= 4 is 33.5 Å². The van der Waals surface area contributed by atoms with Gasteiger partial charge in [0.15, 0.2) is 5.75 Å². The van der Waals surface area contributed by atoms with Crippen LogP contribution in [0.5, 0.6) is 5.75 Å². The third-order valence-corrected chi connectivity index (χ3v) is 9.94. The van der Waals surface area contributed by atoms with E-state index in [2.05, 4.69) is 25.0 Å². The van der Waals surface area contributed by atoms with Gasteiger partial charge in [-0.25, -0.2) is 17.9 Å². The molecule has 0 spiro atoms. The first-order valence-electron chi connectivity index (χ1n) is 18.1. The standard InChI is InChI=1S/C38H50N8O7S/c1-23-10-11-25(35(47)40-29-19-26(37(2,3)4)20-30(34(29)51-8)42-54(9,49)50)18-32(23)45-22-31(41-43-45)28-21-39-46(27-12-13-27)33(28)24-14-16-44(17-15-24)53-36(48)52-38(5,6)7/h10-11,18-22,24,27,42H,12-17H2,1-9H3,(H,40,47). The number of ether oxygens (including phenoxy) is 2. The van der Waals surface area contributed by atoms with Crippen molar-refractivity contribution in [2.75, 3.05) is 36.5 Å². The van der Waals surface area contributed by atoms with E-state index in [1.807, 2.05) is 46.2 Å². The number of methoxy groups -OCH3 is 1. The van der Waals surface area contributed by atoms with Gasteiger partial charge in [-0.1, -0.05) is 32.1 Å². The van der Waals surface area contributed by atoms with Crippen LogP contribution in [0.2, 0.25) is 0 Å². The largest absolute Gasteiger partial charge is 0.528 e. The number of piperidine rings is 1. The van der Waals surface area contributed by atoms with Gasteiger partial charge in [-0.15, -0.1) is 10.2 Å². The normalized spacial score (nSPS) is 15.9. The highest BCUT2D eigenvalue weighted by Gasteiger charge is 2.35. The molecule has 290 valence electrons. The summed E-state index contributed by atoms with van der Waals surface area (Å²) in [5.41, 5.74) is 4.92. The van der Waals surface area contributed by atoms with Crippen molar-refractivity contribution in [2.45, 2.75) is 97.1 Å². The first-order chi connectivity index (χ1) is 25.3. The fourth-order valence-electron chi connectivity index (χ4n) is 6.53. The molecule has 2 N–H and O–H groups in total. The van der Waals surface area contributed by atoms with Gasteiger partial charge < -0.3 is 19.6 Å². The van der Waals surface area contributed by atoms with Gasteiger partial charge in [0.2, 0.25) is 10.0 Å². The highest BCUT2D eigenvalue weighted by Crippen LogP contribution is 2.43. The lowest BCUT2D eigenvalue weighted by Gasteiger charge is -2.31. The molecule has 2 aromatic carbocycles. The van der Waals surface area contributed by atoms with Crippen LogP contribution in [0, 0.1) is 6.92 Å². The van der Waals surface area contributed by atoms with Crippen LogP contribution in [-0.2, 0) is 25.0 Å². The van der Waals surface area contributed by atoms with Crippen molar-refractivity contribution in [3.8, 4) is 22.7 Å². The molecule has 15 nitrogen and oxygen atoms in total. The highest BCUT2D eigenvalue weighted by atomic mass is 32.2. The summed E-state index contributed by atoms with van der Waals surface area (Å²) in [7, 11) is -2.21. The van der Waals surface area contributed by atoms with E-state index in [9.17, 15) is 18.0 Å². The summed E-state index contributed by atoms with van der Waals surface area (Å²) in [5, 5.41) is 18.4. The number of aromatic nitrogens is 5. The van der Waals surface area contributed by atoms with Gasteiger partial charge in [0.25, 0.3) is 5.91 Å². The Hall–Kier alpha value is -4.96. The van der Waals surface area contributed by atoms with Crippen LogP contribution in [0.25, 0.3) is 16.9 Å². The van der Waals surface area contributed by atoms with E-state index in [-0.39, 0.29) is 22.8 Å². The monoisotopic (exact) mass is 762 g/mol. The molecule has 0 atom stereocenters. The van der Waals surface area contributed by atoms with E-state index in [1.54, 1.807) is 54.8 Å². The van der Waals surface area contributed by atoms with Crippen LogP contribution in [0.3, 0.4) is 0 Å². The summed E-state index contributed by atoms with van der Waals surface area (Å²) in [4.78, 5) is 31.5. The zero-order valence-electron chi connectivity index (χ0n) is 32.4. The molecule has 3 heterocycles. The predicted molar refractivity (Wildman–Crippen MR) is 205 cm³/mol. The average Bonchev–Trinajstić information content (AvgIpc) is 3.62. The van der Waals surface area contributed by atoms with Gasteiger partial charge in [-0.05, 0) is 94.2 Å². The third-order valence-electron chi connectivity index (χ3n) is 9.35. The molecule has 6 rings (SSSR count). The number of hydroxylamine groups is 2. The number of rotatable bonds is 10. The third kappa shape index (κ3) is 9.04. The summed E-state index contributed by atoms with van der Waals surface area (Å²) in [5.74, 6) is -0.0533. The molecule has 1 saturated heterocycles. The molecule has 0 bridgehead atoms. The number of hydrogen-bond acceptors (Lipinski definition) is 11. The van der Waals surface area contributed by atoms with Crippen LogP contribution in [0.4, 0.5) is 16.2 Å². The van der Waals surface area contributed by atoms with Gasteiger partial charge in [-0.3, -0.25) is 14.2 Å². The minimum absolute atomic E-state index is 0.169. The number of carbonyl (C=O) groups is 2. The molecule has 2 aliphatic rings. The number of amides is 1. The Morgan fingerprint density at radius 2 is 1.65 bits per heavy atom. The van der Waals surface area contributed by atoms with E-state index >= 15 is 0 Å². The zero-order valence-corrected chi connectivity index (χ0v) is 33.2. The molecule has 16 heteroatoms. The minimum Gasteiger partial charge on any atom is -0.492 e. The number of anilines is 2. The lowest BCUT2D eigenvalue weighted by Crippen LogP contribution is -2.37. The molecule has 0 unspecified atom stereocenters. The van der Waals surface area contributed by atoms with Gasteiger partial charge in [0.1, 0.15) is 11.3 Å². The topological polar surface area (TPSA) is 172 Å². The second-order valence-electron chi connectivity index (χ2n) is 16.1. The molecule has 54 heavy (non-hydrogen) atoms. The Balaban J connectivity index is 1.24. The van der Waals surface area contributed by atoms with E-state index in [0.29, 0.717) is 41.8 Å². The van der Waals surface area contributed by atoms with Gasteiger partial charge in [-0.2, -0.15) is 5.10 Å². The quantitative estimate of drug-likeness (QED) is 0.164. The number of nitrogens with one attached hydrogen (secondary N) is 2. The lowest BCUT2D eigenvalue weighted by atomic mass is 9.86. The molecule has 1 aliphatic heterocycles. The Morgan fingerprint density at radius 1 is 0.963 bits per heavy atom. The number of hydrogen-bond donors (Lipinski definition) is 2. The van der Waals surface area contributed by atoms with Crippen LogP contribution >= 0.6 is 0 Å². The summed E-state index contributed by atoms with van der Waals surface area (Å²) in [6, 6.07) is 9.16. The van der Waals surface area contributed by atoms with Crippen LogP contribution in [-0.4, -0.2) is 82.4 Å². The van der Waals surface area contributed by atoms with Crippen LogP contribution in [0.15, 0.2) is 42.7 Å². The number of nitrogens with zero attached hydrogens (tertiary/aromatic N) is 6. The maximum atomic E-state index is 13.8. The van der Waals surface area contributed by atoms with Crippen molar-refractivity contribution in [1.82, 2.24) is 29.8 Å². The van der Waals surface area contributed by atoms with Crippen LogP contribution in [0.1, 0.15) is 106 Å². The zero-order chi connectivity index (χ0) is 39.2. The van der Waals surface area contributed by atoms with E-state index < -0.39 is 27.7 Å². The molecule has 0 radical (unpaired) electrons. The first kappa shape index (κ1) is 38.8. The fraction of sp³-hybridized carbons (Fsp3) is 0.500. The molecule has 1 amide bonds. The van der Waals surface area contributed by atoms with Crippen molar-refractivity contribution in [3.05, 3.63) is 65.1 Å². The molecule has 4 aromatic rings. The van der Waals surface area contributed by atoms with Crippen LogP contribution < -0.4 is 14.8 Å². The summed E-state index contributed by atoms with van der Waals surface area (Å²) < 4.78 is 41.6. The number of aryl methyl sites for hydroxylation is 1. The van der Waals surface area contributed by atoms with E-state index in [0.717, 1.165) is 54.3 Å². The Labute approximate surface area is 316 Å². The van der Waals surface area contributed by atoms with E-state index in [1.165, 1.54) is 7.11 Å². The predicted octanol–water partition coefficient (Wildman–Crippen LogP) is 6.75. The van der Waals surface area contributed by atoms with Crippen molar-refractivity contribution in [3.63, 3.8) is 0 Å². The Bertz CT molecular complexity index is 2150. The molecule has 1 aliphatic carbocycles. The summed E-state index contributed by atoms with van der Waals surface area (Å²) >= 11 is 0. The average molecular weight is 763 g/mol. The molecule has 1 saturated carbocycles. The smallest absolute Gasteiger partial charge is 0.492 e. The van der Waals surface area contributed by atoms with Crippen molar-refractivity contribution in [1.29, 1.82) is 0 Å². The first-order valence-corrected chi connectivity index (χ1v) is 20.0. The van der Waals surface area contributed by atoms with E-state index in [4.69, 9.17) is 19.4 Å². The fourth-order valence-corrected chi connectivity index (χ4v) is 7.08. The summed E-state index contributed by atoms with van der Waals surface area (Å²) in [6.45, 7) is 14.4. The SMILES string of the molecule is COc1c(NC(=O)c2ccc(C)c(-n3cc(-c4cnn(C5CC5)c4C4CCN(OC(=O)OC(C)(C)C)CC4)nn3)c2)cc(C(C)(C)C)cc1NS(C)(=O)=O. The van der Waals surface area contributed by atoms with Crippen molar-refractivity contribution < 1.29 is 32.3 Å². The highest BCUT2D eigenvalue weighted by molar-refractivity contribution is 7.92.